The van der Waals surface area contributed by atoms with E-state index in [0.717, 1.165) is 40.7 Å². The summed E-state index contributed by atoms with van der Waals surface area (Å²) in [7, 11) is 0. The third kappa shape index (κ3) is 3.80. The summed E-state index contributed by atoms with van der Waals surface area (Å²) < 4.78 is 5.56. The molecule has 0 N–H and O–H groups in total. The lowest BCUT2D eigenvalue weighted by atomic mass is 10.2. The lowest BCUT2D eigenvalue weighted by Gasteiger charge is -1.99. The maximum atomic E-state index is 5.86. The van der Waals surface area contributed by atoms with E-state index in [0.29, 0.717) is 6.61 Å². The second kappa shape index (κ2) is 6.88. The number of rotatable bonds is 6. The number of ether oxygens (including phenoxy) is 1. The predicted molar refractivity (Wildman–Crippen MR) is 77.1 cm³/mol. The molecule has 0 aliphatic rings. The van der Waals surface area contributed by atoms with Gasteiger partial charge < -0.3 is 4.74 Å². The Balaban J connectivity index is 1.95. The molecular formula is C14H16ClNOS. The van der Waals surface area contributed by atoms with Crippen molar-refractivity contribution < 1.29 is 4.74 Å². The average molecular weight is 282 g/mol. The van der Waals surface area contributed by atoms with Crippen LogP contribution in [0.25, 0.3) is 11.3 Å². The van der Waals surface area contributed by atoms with E-state index in [-0.39, 0.29) is 0 Å². The van der Waals surface area contributed by atoms with Gasteiger partial charge in [-0.2, -0.15) is 0 Å². The van der Waals surface area contributed by atoms with Gasteiger partial charge in [0.2, 0.25) is 0 Å². The second-order valence-electron chi connectivity index (χ2n) is 4.04. The largest absolute Gasteiger partial charge is 0.374 e. The Morgan fingerprint density at radius 3 is 2.78 bits per heavy atom. The zero-order chi connectivity index (χ0) is 12.8. The Bertz CT molecular complexity index is 481. The van der Waals surface area contributed by atoms with Crippen molar-refractivity contribution >= 4 is 22.9 Å². The van der Waals surface area contributed by atoms with Crippen LogP contribution in [-0.4, -0.2) is 11.6 Å². The number of aromatic nitrogens is 1. The smallest absolute Gasteiger partial charge is 0.119 e. The van der Waals surface area contributed by atoms with E-state index >= 15 is 0 Å². The number of hydrogen-bond donors (Lipinski definition) is 0. The molecule has 0 atom stereocenters. The van der Waals surface area contributed by atoms with Gasteiger partial charge in [0, 0.05) is 22.6 Å². The van der Waals surface area contributed by atoms with Crippen LogP contribution >= 0.6 is 22.9 Å². The molecule has 18 heavy (non-hydrogen) atoms. The van der Waals surface area contributed by atoms with Crippen molar-refractivity contribution in [1.29, 1.82) is 0 Å². The monoisotopic (exact) mass is 281 g/mol. The number of halogens is 1. The van der Waals surface area contributed by atoms with Crippen molar-refractivity contribution in [3.05, 3.63) is 39.7 Å². The molecule has 0 aliphatic carbocycles. The highest BCUT2D eigenvalue weighted by molar-refractivity contribution is 7.09. The van der Waals surface area contributed by atoms with E-state index in [4.69, 9.17) is 16.3 Å². The van der Waals surface area contributed by atoms with Gasteiger partial charge in [-0.1, -0.05) is 37.1 Å². The van der Waals surface area contributed by atoms with Crippen molar-refractivity contribution in [3.8, 4) is 11.3 Å². The van der Waals surface area contributed by atoms with Gasteiger partial charge >= 0.3 is 0 Å². The van der Waals surface area contributed by atoms with Crippen LogP contribution in [0.4, 0.5) is 0 Å². The SMILES string of the molecule is CCCCOCc1nc(-c2ccc(Cl)cc2)cs1. The summed E-state index contributed by atoms with van der Waals surface area (Å²) in [5.74, 6) is 0. The van der Waals surface area contributed by atoms with Crippen LogP contribution in [0.2, 0.25) is 5.02 Å². The van der Waals surface area contributed by atoms with Gasteiger partial charge in [0.1, 0.15) is 5.01 Å². The maximum absolute atomic E-state index is 5.86. The Morgan fingerprint density at radius 1 is 1.28 bits per heavy atom. The minimum Gasteiger partial charge on any atom is -0.374 e. The highest BCUT2D eigenvalue weighted by Crippen LogP contribution is 2.23. The van der Waals surface area contributed by atoms with E-state index in [1.165, 1.54) is 0 Å². The van der Waals surface area contributed by atoms with E-state index in [9.17, 15) is 0 Å². The molecule has 96 valence electrons. The molecule has 1 aromatic heterocycles. The number of thiazole rings is 1. The summed E-state index contributed by atoms with van der Waals surface area (Å²) in [6.45, 7) is 3.58. The van der Waals surface area contributed by atoms with Crippen molar-refractivity contribution in [2.45, 2.75) is 26.4 Å². The Kier molecular flexibility index (Phi) is 5.17. The van der Waals surface area contributed by atoms with Gasteiger partial charge in [0.25, 0.3) is 0 Å². The van der Waals surface area contributed by atoms with Crippen LogP contribution in [0.3, 0.4) is 0 Å². The van der Waals surface area contributed by atoms with Gasteiger partial charge in [-0.25, -0.2) is 4.98 Å². The van der Waals surface area contributed by atoms with Gasteiger partial charge in [-0.05, 0) is 18.6 Å². The second-order valence-corrected chi connectivity index (χ2v) is 5.42. The quantitative estimate of drug-likeness (QED) is 0.711. The number of unbranched alkanes of at least 4 members (excludes halogenated alkanes) is 1. The standard InChI is InChI=1S/C14H16ClNOS/c1-2-3-8-17-9-14-16-13(10-18-14)11-4-6-12(15)7-5-11/h4-7,10H,2-3,8-9H2,1H3. The fraction of sp³-hybridized carbons (Fsp3) is 0.357. The van der Waals surface area contributed by atoms with Crippen LogP contribution in [-0.2, 0) is 11.3 Å². The topological polar surface area (TPSA) is 22.1 Å². The van der Waals surface area contributed by atoms with Crippen molar-refractivity contribution in [2.24, 2.45) is 0 Å². The number of hydrogen-bond acceptors (Lipinski definition) is 3. The molecule has 2 nitrogen and oxygen atoms in total. The molecule has 2 rings (SSSR count). The molecule has 0 unspecified atom stereocenters. The van der Waals surface area contributed by atoms with Crippen molar-refractivity contribution in [3.63, 3.8) is 0 Å². The van der Waals surface area contributed by atoms with E-state index in [1.807, 2.05) is 24.3 Å². The number of benzene rings is 1. The zero-order valence-electron chi connectivity index (χ0n) is 10.4. The summed E-state index contributed by atoms with van der Waals surface area (Å²) in [5, 5.41) is 3.83. The van der Waals surface area contributed by atoms with E-state index < -0.39 is 0 Å². The molecule has 0 saturated heterocycles. The molecule has 4 heteroatoms. The molecule has 0 fully saturated rings. The molecule has 0 bridgehead atoms. The molecule has 2 aromatic rings. The fourth-order valence-electron chi connectivity index (χ4n) is 1.54. The summed E-state index contributed by atoms with van der Waals surface area (Å²) in [6.07, 6.45) is 2.27. The molecule has 0 aliphatic heterocycles. The van der Waals surface area contributed by atoms with Gasteiger partial charge in [0.15, 0.2) is 0 Å². The van der Waals surface area contributed by atoms with E-state index in [1.54, 1.807) is 11.3 Å². The average Bonchev–Trinajstić information content (AvgIpc) is 2.84. The Hall–Kier alpha value is -0.900. The molecule has 0 radical (unpaired) electrons. The van der Waals surface area contributed by atoms with Crippen molar-refractivity contribution in [1.82, 2.24) is 4.98 Å². The van der Waals surface area contributed by atoms with Crippen molar-refractivity contribution in [2.75, 3.05) is 6.61 Å². The fourth-order valence-corrected chi connectivity index (χ4v) is 2.40. The van der Waals surface area contributed by atoms with E-state index in [2.05, 4.69) is 17.3 Å². The lowest BCUT2D eigenvalue weighted by molar-refractivity contribution is 0.118. The summed E-state index contributed by atoms with van der Waals surface area (Å²) >= 11 is 7.50. The van der Waals surface area contributed by atoms with Gasteiger partial charge in [-0.3, -0.25) is 0 Å². The first-order chi connectivity index (χ1) is 8.79. The molecule has 1 heterocycles. The van der Waals surface area contributed by atoms with Crippen LogP contribution in [0.5, 0.6) is 0 Å². The van der Waals surface area contributed by atoms with Crippen LogP contribution < -0.4 is 0 Å². The molecule has 0 amide bonds. The molecule has 1 aromatic carbocycles. The lowest BCUT2D eigenvalue weighted by Crippen LogP contribution is -1.94. The van der Waals surface area contributed by atoms with Crippen LogP contribution in [0, 0.1) is 0 Å². The summed E-state index contributed by atoms with van der Waals surface area (Å²) in [6, 6.07) is 7.74. The minimum absolute atomic E-state index is 0.609. The third-order valence-electron chi connectivity index (χ3n) is 2.56. The minimum atomic E-state index is 0.609. The van der Waals surface area contributed by atoms with Crippen LogP contribution in [0.15, 0.2) is 29.6 Å². The predicted octanol–water partition coefficient (Wildman–Crippen LogP) is 4.78. The first-order valence-corrected chi connectivity index (χ1v) is 7.33. The van der Waals surface area contributed by atoms with Gasteiger partial charge in [-0.15, -0.1) is 11.3 Å². The van der Waals surface area contributed by atoms with Crippen LogP contribution in [0.1, 0.15) is 24.8 Å². The third-order valence-corrected chi connectivity index (χ3v) is 3.63. The number of nitrogens with zero attached hydrogens (tertiary/aromatic N) is 1. The maximum Gasteiger partial charge on any atom is 0.119 e. The first-order valence-electron chi connectivity index (χ1n) is 6.07. The summed E-state index contributed by atoms with van der Waals surface area (Å²) in [4.78, 5) is 4.56. The normalized spacial score (nSPS) is 10.8. The summed E-state index contributed by atoms with van der Waals surface area (Å²) in [5.41, 5.74) is 2.08. The highest BCUT2D eigenvalue weighted by Gasteiger charge is 2.04. The molecule has 0 saturated carbocycles. The first kappa shape index (κ1) is 13.5. The molecule has 0 spiro atoms. The Morgan fingerprint density at radius 2 is 2.06 bits per heavy atom. The highest BCUT2D eigenvalue weighted by atomic mass is 35.5. The van der Waals surface area contributed by atoms with Gasteiger partial charge in [0.05, 0.1) is 12.3 Å². The molecular weight excluding hydrogens is 266 g/mol. The zero-order valence-corrected chi connectivity index (χ0v) is 11.9. The Labute approximate surface area is 117 Å².